The zero-order valence-corrected chi connectivity index (χ0v) is 8.17. The van der Waals surface area contributed by atoms with Gasteiger partial charge in [-0.1, -0.05) is 0 Å². The molecule has 0 radical (unpaired) electrons. The molecule has 1 aliphatic rings. The lowest BCUT2D eigenvalue weighted by Gasteiger charge is -2.19. The van der Waals surface area contributed by atoms with Gasteiger partial charge in [0.15, 0.2) is 0 Å². The van der Waals surface area contributed by atoms with Gasteiger partial charge in [-0.3, -0.25) is 8.77 Å². The number of Topliss-reactive ketones (excluding diaryl/α,β-unsaturated/α-hetero) is 1. The summed E-state index contributed by atoms with van der Waals surface area (Å²) in [5, 5.41) is 0.590. The highest BCUT2D eigenvalue weighted by atomic mass is 32.2. The molecule has 3 nitrogen and oxygen atoms in total. The van der Waals surface area contributed by atoms with Crippen molar-refractivity contribution < 1.29 is 4.79 Å². The van der Waals surface area contributed by atoms with Crippen molar-refractivity contribution >= 4 is 17.7 Å². The Morgan fingerprint density at radius 1 is 1.46 bits per heavy atom. The summed E-state index contributed by atoms with van der Waals surface area (Å²) in [5.41, 5.74) is 0. The smallest absolute Gasteiger partial charge is 0.132 e. The number of rotatable bonds is 2. The van der Waals surface area contributed by atoms with E-state index in [1.54, 1.807) is 24.5 Å². The van der Waals surface area contributed by atoms with E-state index in [2.05, 4.69) is 4.98 Å². The van der Waals surface area contributed by atoms with Crippen LogP contribution in [-0.4, -0.2) is 20.0 Å². The molecule has 4 heteroatoms. The van der Waals surface area contributed by atoms with Gasteiger partial charge in [-0.2, -0.15) is 0 Å². The largest absolute Gasteiger partial charge is 0.300 e. The minimum Gasteiger partial charge on any atom is -0.300 e. The molecule has 0 amide bonds. The Morgan fingerprint density at radius 3 is 2.85 bits per heavy atom. The molecule has 0 bridgehead atoms. The number of imidazole rings is 1. The molecule has 0 aliphatic heterocycles. The van der Waals surface area contributed by atoms with Gasteiger partial charge in [0.05, 0.1) is 0 Å². The maximum absolute atomic E-state index is 11.0. The van der Waals surface area contributed by atoms with Crippen LogP contribution in [-0.2, 0) is 4.79 Å². The number of hydrogen-bond acceptors (Lipinski definition) is 3. The topological polar surface area (TPSA) is 34.9 Å². The molecule has 1 fully saturated rings. The number of ketones is 1. The van der Waals surface area contributed by atoms with E-state index in [-0.39, 0.29) is 0 Å². The highest BCUT2D eigenvalue weighted by Crippen LogP contribution is 2.27. The molecule has 0 unspecified atom stereocenters. The Hall–Kier alpha value is -0.770. The summed E-state index contributed by atoms with van der Waals surface area (Å²) in [6.45, 7) is 0. The Morgan fingerprint density at radius 2 is 2.23 bits per heavy atom. The van der Waals surface area contributed by atoms with Gasteiger partial charge in [0, 0.05) is 30.5 Å². The van der Waals surface area contributed by atoms with Gasteiger partial charge < -0.3 is 0 Å². The van der Waals surface area contributed by atoms with E-state index < -0.39 is 0 Å². The Bertz CT molecular complexity index is 274. The SMILES string of the molecule is O=C1CCC(Sn2ccnc2)CC1. The molecule has 1 aliphatic carbocycles. The van der Waals surface area contributed by atoms with Crippen molar-refractivity contribution in [1.82, 2.24) is 8.96 Å². The first-order valence-corrected chi connectivity index (χ1v) is 5.35. The van der Waals surface area contributed by atoms with Gasteiger partial charge in [0.2, 0.25) is 0 Å². The lowest BCUT2D eigenvalue weighted by atomic mass is 9.99. The fraction of sp³-hybridized carbons (Fsp3) is 0.556. The van der Waals surface area contributed by atoms with Gasteiger partial charge in [-0.25, -0.2) is 4.98 Å². The standard InChI is InChI=1S/C9H12N2OS/c12-8-1-3-9(4-2-8)13-11-6-5-10-7-11/h5-7,9H,1-4H2. The van der Waals surface area contributed by atoms with Gasteiger partial charge in [-0.15, -0.1) is 0 Å². The Kier molecular flexibility index (Phi) is 2.68. The van der Waals surface area contributed by atoms with Crippen molar-refractivity contribution in [2.45, 2.75) is 30.9 Å². The summed E-state index contributed by atoms with van der Waals surface area (Å²) >= 11 is 1.78. The van der Waals surface area contributed by atoms with Crippen LogP contribution in [0.25, 0.3) is 0 Å². The van der Waals surface area contributed by atoms with E-state index in [0.717, 1.165) is 25.7 Å². The Balaban J connectivity index is 1.86. The highest BCUT2D eigenvalue weighted by Gasteiger charge is 2.19. The summed E-state index contributed by atoms with van der Waals surface area (Å²) in [4.78, 5) is 15.0. The normalized spacial score (nSPS) is 19.2. The van der Waals surface area contributed by atoms with Gasteiger partial charge in [0.1, 0.15) is 12.1 Å². The second-order valence-corrected chi connectivity index (χ2v) is 4.57. The van der Waals surface area contributed by atoms with Crippen molar-refractivity contribution in [3.05, 3.63) is 18.7 Å². The number of carbonyl (C=O) groups excluding carboxylic acids is 1. The van der Waals surface area contributed by atoms with E-state index in [0.29, 0.717) is 11.0 Å². The molecular formula is C9H12N2OS. The Labute approximate surface area is 81.7 Å². The summed E-state index contributed by atoms with van der Waals surface area (Å²) in [6, 6.07) is 0. The van der Waals surface area contributed by atoms with Crippen molar-refractivity contribution in [2.24, 2.45) is 0 Å². The third-order valence-corrected chi connectivity index (χ3v) is 3.47. The quantitative estimate of drug-likeness (QED) is 0.724. The van der Waals surface area contributed by atoms with Crippen LogP contribution in [0.1, 0.15) is 25.7 Å². The molecular weight excluding hydrogens is 184 g/mol. The van der Waals surface area contributed by atoms with Crippen LogP contribution >= 0.6 is 11.9 Å². The molecule has 0 saturated heterocycles. The first-order valence-electron chi connectivity index (χ1n) is 4.51. The molecule has 13 heavy (non-hydrogen) atoms. The zero-order chi connectivity index (χ0) is 9.10. The van der Waals surface area contributed by atoms with Gasteiger partial charge >= 0.3 is 0 Å². The molecule has 1 heterocycles. The minimum atomic E-state index is 0.419. The average Bonchev–Trinajstić information content (AvgIpc) is 2.62. The number of carbonyl (C=O) groups is 1. The lowest BCUT2D eigenvalue weighted by Crippen LogP contribution is -2.16. The maximum Gasteiger partial charge on any atom is 0.132 e. The molecule has 1 saturated carbocycles. The highest BCUT2D eigenvalue weighted by molar-refractivity contribution is 7.98. The minimum absolute atomic E-state index is 0.419. The monoisotopic (exact) mass is 196 g/mol. The van der Waals surface area contributed by atoms with Crippen LogP contribution in [0.3, 0.4) is 0 Å². The summed E-state index contributed by atoms with van der Waals surface area (Å²) < 4.78 is 2.01. The van der Waals surface area contributed by atoms with Crippen LogP contribution in [0.5, 0.6) is 0 Å². The van der Waals surface area contributed by atoms with Crippen molar-refractivity contribution in [1.29, 1.82) is 0 Å². The van der Waals surface area contributed by atoms with Crippen LogP contribution in [0.4, 0.5) is 0 Å². The molecule has 0 spiro atoms. The van der Waals surface area contributed by atoms with E-state index in [4.69, 9.17) is 0 Å². The third kappa shape index (κ3) is 2.34. The fourth-order valence-corrected chi connectivity index (χ4v) is 2.52. The zero-order valence-electron chi connectivity index (χ0n) is 7.35. The summed E-state index contributed by atoms with van der Waals surface area (Å²) in [5.74, 6) is 0.419. The van der Waals surface area contributed by atoms with Crippen LogP contribution in [0.15, 0.2) is 18.7 Å². The van der Waals surface area contributed by atoms with Crippen LogP contribution < -0.4 is 0 Å². The molecule has 1 aromatic rings. The number of hydrogen-bond donors (Lipinski definition) is 0. The fourth-order valence-electron chi connectivity index (χ4n) is 1.50. The third-order valence-electron chi connectivity index (χ3n) is 2.24. The molecule has 0 aromatic carbocycles. The lowest BCUT2D eigenvalue weighted by molar-refractivity contribution is -0.120. The first-order chi connectivity index (χ1) is 6.34. The first kappa shape index (κ1) is 8.81. The molecule has 2 rings (SSSR count). The van der Waals surface area contributed by atoms with Crippen molar-refractivity contribution in [2.75, 3.05) is 0 Å². The van der Waals surface area contributed by atoms with Gasteiger partial charge in [-0.05, 0) is 24.8 Å². The summed E-state index contributed by atoms with van der Waals surface area (Å²) in [6.07, 6.45) is 9.07. The summed E-state index contributed by atoms with van der Waals surface area (Å²) in [7, 11) is 0. The van der Waals surface area contributed by atoms with Gasteiger partial charge in [0.25, 0.3) is 0 Å². The van der Waals surface area contributed by atoms with Crippen molar-refractivity contribution in [3.8, 4) is 0 Å². The molecule has 0 N–H and O–H groups in total. The molecule has 70 valence electrons. The second-order valence-electron chi connectivity index (χ2n) is 3.27. The number of nitrogens with zero attached hydrogens (tertiary/aromatic N) is 2. The molecule has 1 aromatic heterocycles. The van der Waals surface area contributed by atoms with Crippen LogP contribution in [0, 0.1) is 0 Å². The molecule has 0 atom stereocenters. The van der Waals surface area contributed by atoms with E-state index >= 15 is 0 Å². The predicted molar refractivity (Wildman–Crippen MR) is 52.5 cm³/mol. The second kappa shape index (κ2) is 3.96. The van der Waals surface area contributed by atoms with Crippen molar-refractivity contribution in [3.63, 3.8) is 0 Å². The van der Waals surface area contributed by atoms with E-state index in [1.165, 1.54) is 0 Å². The maximum atomic E-state index is 11.0. The van der Waals surface area contributed by atoms with E-state index in [9.17, 15) is 4.79 Å². The van der Waals surface area contributed by atoms with Crippen LogP contribution in [0.2, 0.25) is 0 Å². The average molecular weight is 196 g/mol. The predicted octanol–water partition coefficient (Wildman–Crippen LogP) is 1.89. The van der Waals surface area contributed by atoms with E-state index in [1.807, 2.05) is 10.2 Å². The number of aromatic nitrogens is 2.